The second-order valence-corrected chi connectivity index (χ2v) is 7.05. The van der Waals surface area contributed by atoms with Crippen LogP contribution in [-0.2, 0) is 15.9 Å². The predicted molar refractivity (Wildman–Crippen MR) is 119 cm³/mol. The third-order valence-electron chi connectivity index (χ3n) is 4.01. The van der Waals surface area contributed by atoms with Crippen molar-refractivity contribution >= 4 is 53.1 Å². The molecule has 0 radical (unpaired) electrons. The summed E-state index contributed by atoms with van der Waals surface area (Å²) in [5.41, 5.74) is 1.11. The minimum absolute atomic E-state index is 0. The Labute approximate surface area is 183 Å². The Hall–Kier alpha value is -0.280. The molecule has 1 aliphatic rings. The fourth-order valence-corrected chi connectivity index (χ4v) is 3.11. The van der Waals surface area contributed by atoms with Crippen molar-refractivity contribution in [1.82, 2.24) is 10.6 Å². The van der Waals surface area contributed by atoms with Gasteiger partial charge in [-0.15, -0.1) is 24.0 Å². The van der Waals surface area contributed by atoms with Crippen LogP contribution in [-0.4, -0.2) is 51.5 Å². The lowest BCUT2D eigenvalue weighted by Crippen LogP contribution is -2.44. The molecule has 2 rings (SSSR count). The molecule has 0 saturated carbocycles. The second-order valence-electron chi connectivity index (χ2n) is 6.20. The highest BCUT2D eigenvalue weighted by atomic mass is 127. The highest BCUT2D eigenvalue weighted by Gasteiger charge is 2.17. The molecule has 0 spiro atoms. The Bertz CT molecular complexity index is 569. The number of hydrogen-bond donors (Lipinski definition) is 2. The number of guanidine groups is 1. The smallest absolute Gasteiger partial charge is 0.191 e. The van der Waals surface area contributed by atoms with Gasteiger partial charge in [0.15, 0.2) is 5.96 Å². The van der Waals surface area contributed by atoms with Crippen molar-refractivity contribution in [3.8, 4) is 0 Å². The number of nitrogens with zero attached hydrogens (tertiary/aromatic N) is 1. The van der Waals surface area contributed by atoms with E-state index in [4.69, 9.17) is 32.7 Å². The molecule has 0 aromatic heterocycles. The van der Waals surface area contributed by atoms with E-state index in [1.165, 1.54) is 0 Å². The molecule has 2 unspecified atom stereocenters. The highest BCUT2D eigenvalue weighted by Crippen LogP contribution is 2.21. The van der Waals surface area contributed by atoms with Crippen molar-refractivity contribution in [3.05, 3.63) is 33.8 Å². The number of rotatable bonds is 8. The summed E-state index contributed by atoms with van der Waals surface area (Å²) in [6.45, 7) is 5.02. The Balaban J connectivity index is 0.00000338. The first-order chi connectivity index (χ1) is 12.1. The monoisotopic (exact) mass is 515 g/mol. The molecule has 2 atom stereocenters. The fourth-order valence-electron chi connectivity index (χ4n) is 2.60. The molecule has 148 valence electrons. The topological polar surface area (TPSA) is 54.9 Å². The molecular weight excluding hydrogens is 488 g/mol. The number of aryl methyl sites for hydroxylation is 1. The van der Waals surface area contributed by atoms with Crippen LogP contribution in [0.5, 0.6) is 0 Å². The van der Waals surface area contributed by atoms with Crippen LogP contribution in [0.15, 0.2) is 23.2 Å². The van der Waals surface area contributed by atoms with Crippen molar-refractivity contribution in [3.63, 3.8) is 0 Å². The SMILES string of the molecule is CN=C(NCCCc1ccc(Cl)cc1Cl)NC(C)COC1CCOC1.I. The highest BCUT2D eigenvalue weighted by molar-refractivity contribution is 14.0. The van der Waals surface area contributed by atoms with Gasteiger partial charge in [-0.25, -0.2) is 0 Å². The first-order valence-corrected chi connectivity index (χ1v) is 9.44. The van der Waals surface area contributed by atoms with E-state index >= 15 is 0 Å². The maximum Gasteiger partial charge on any atom is 0.191 e. The minimum Gasteiger partial charge on any atom is -0.379 e. The summed E-state index contributed by atoms with van der Waals surface area (Å²) < 4.78 is 11.1. The molecule has 1 heterocycles. The standard InChI is InChI=1S/C18H27Cl2N3O2.HI/c1-13(11-25-16-7-9-24-12-16)23-18(21-2)22-8-3-4-14-5-6-15(19)10-17(14)20;/h5-6,10,13,16H,3-4,7-9,11-12H2,1-2H3,(H2,21,22,23);1H. The first kappa shape index (κ1) is 23.8. The summed E-state index contributed by atoms with van der Waals surface area (Å²) in [4.78, 5) is 4.25. The van der Waals surface area contributed by atoms with Gasteiger partial charge in [-0.05, 0) is 43.9 Å². The lowest BCUT2D eigenvalue weighted by molar-refractivity contribution is 0.0347. The predicted octanol–water partition coefficient (Wildman–Crippen LogP) is 3.90. The summed E-state index contributed by atoms with van der Waals surface area (Å²) in [6.07, 6.45) is 3.04. The van der Waals surface area contributed by atoms with Crippen LogP contribution in [0.2, 0.25) is 10.0 Å². The van der Waals surface area contributed by atoms with E-state index in [9.17, 15) is 0 Å². The zero-order valence-electron chi connectivity index (χ0n) is 15.3. The second kappa shape index (κ2) is 13.0. The van der Waals surface area contributed by atoms with Gasteiger partial charge >= 0.3 is 0 Å². The first-order valence-electron chi connectivity index (χ1n) is 8.69. The molecule has 2 N–H and O–H groups in total. The fraction of sp³-hybridized carbons (Fsp3) is 0.611. The molecule has 1 fully saturated rings. The number of hydrogen-bond acceptors (Lipinski definition) is 3. The number of benzene rings is 1. The zero-order valence-corrected chi connectivity index (χ0v) is 19.1. The van der Waals surface area contributed by atoms with Crippen LogP contribution in [0.3, 0.4) is 0 Å². The number of ether oxygens (including phenoxy) is 2. The van der Waals surface area contributed by atoms with Gasteiger partial charge in [-0.1, -0.05) is 29.3 Å². The van der Waals surface area contributed by atoms with Gasteiger partial charge in [0, 0.05) is 36.3 Å². The maximum atomic E-state index is 6.19. The zero-order chi connectivity index (χ0) is 18.1. The maximum absolute atomic E-state index is 6.19. The summed E-state index contributed by atoms with van der Waals surface area (Å²) in [5.74, 6) is 0.779. The van der Waals surface area contributed by atoms with Crippen LogP contribution >= 0.6 is 47.2 Å². The van der Waals surface area contributed by atoms with Gasteiger partial charge in [-0.3, -0.25) is 4.99 Å². The third-order valence-corrected chi connectivity index (χ3v) is 4.59. The molecule has 1 aromatic carbocycles. The molecule has 26 heavy (non-hydrogen) atoms. The van der Waals surface area contributed by atoms with E-state index in [1.54, 1.807) is 13.1 Å². The van der Waals surface area contributed by atoms with Gasteiger partial charge in [0.25, 0.3) is 0 Å². The lowest BCUT2D eigenvalue weighted by atomic mass is 10.1. The van der Waals surface area contributed by atoms with Crippen LogP contribution in [0.4, 0.5) is 0 Å². The van der Waals surface area contributed by atoms with E-state index in [2.05, 4.69) is 22.5 Å². The van der Waals surface area contributed by atoms with Gasteiger partial charge in [0.05, 0.1) is 19.3 Å². The summed E-state index contributed by atoms with van der Waals surface area (Å²) >= 11 is 12.1. The Kier molecular flexibility index (Phi) is 11.9. The summed E-state index contributed by atoms with van der Waals surface area (Å²) in [7, 11) is 1.77. The minimum atomic E-state index is 0. The van der Waals surface area contributed by atoms with Crippen molar-refractivity contribution in [2.75, 3.05) is 33.4 Å². The van der Waals surface area contributed by atoms with E-state index in [1.807, 2.05) is 12.1 Å². The van der Waals surface area contributed by atoms with Crippen LogP contribution in [0.1, 0.15) is 25.3 Å². The van der Waals surface area contributed by atoms with Gasteiger partial charge in [-0.2, -0.15) is 0 Å². The van der Waals surface area contributed by atoms with Gasteiger partial charge in [0.1, 0.15) is 0 Å². The van der Waals surface area contributed by atoms with Crippen LogP contribution in [0, 0.1) is 0 Å². The van der Waals surface area contributed by atoms with E-state index in [-0.39, 0.29) is 36.1 Å². The van der Waals surface area contributed by atoms with Crippen molar-refractivity contribution in [2.45, 2.75) is 38.3 Å². The molecule has 0 bridgehead atoms. The van der Waals surface area contributed by atoms with Crippen molar-refractivity contribution in [1.29, 1.82) is 0 Å². The molecule has 0 aliphatic carbocycles. The van der Waals surface area contributed by atoms with Gasteiger partial charge < -0.3 is 20.1 Å². The number of aliphatic imine (C=N–C) groups is 1. The van der Waals surface area contributed by atoms with E-state index < -0.39 is 0 Å². The van der Waals surface area contributed by atoms with Crippen LogP contribution in [0.25, 0.3) is 0 Å². The molecular formula is C18H28Cl2IN3O2. The largest absolute Gasteiger partial charge is 0.379 e. The average Bonchev–Trinajstić information content (AvgIpc) is 3.10. The molecule has 0 amide bonds. The van der Waals surface area contributed by atoms with E-state index in [0.717, 1.165) is 49.0 Å². The molecule has 1 aromatic rings. The average molecular weight is 516 g/mol. The molecule has 5 nitrogen and oxygen atoms in total. The van der Waals surface area contributed by atoms with Crippen molar-refractivity contribution < 1.29 is 9.47 Å². The molecule has 1 aliphatic heterocycles. The summed E-state index contributed by atoms with van der Waals surface area (Å²) in [6, 6.07) is 5.80. The normalized spacial score (nSPS) is 18.3. The lowest BCUT2D eigenvalue weighted by Gasteiger charge is -2.19. The molecule has 8 heteroatoms. The van der Waals surface area contributed by atoms with Crippen molar-refractivity contribution in [2.24, 2.45) is 4.99 Å². The Morgan fingerprint density at radius 3 is 2.88 bits per heavy atom. The summed E-state index contributed by atoms with van der Waals surface area (Å²) in [5, 5.41) is 8.04. The Morgan fingerprint density at radius 2 is 2.23 bits per heavy atom. The Morgan fingerprint density at radius 1 is 1.42 bits per heavy atom. The number of halogens is 3. The quantitative estimate of drug-likeness (QED) is 0.238. The van der Waals surface area contributed by atoms with Gasteiger partial charge in [0.2, 0.25) is 0 Å². The number of nitrogens with one attached hydrogen (secondary N) is 2. The molecule has 1 saturated heterocycles. The van der Waals surface area contributed by atoms with E-state index in [0.29, 0.717) is 18.2 Å². The third kappa shape index (κ3) is 8.61. The van der Waals surface area contributed by atoms with Crippen LogP contribution < -0.4 is 10.6 Å².